The maximum absolute atomic E-state index is 12.4. The lowest BCUT2D eigenvalue weighted by atomic mass is 10.1. The molecule has 2 amide bonds. The Kier molecular flexibility index (Phi) is 11.8. The largest absolute Gasteiger partial charge is 0.348 e. The molecular weight excluding hydrogens is 394 g/mol. The Morgan fingerprint density at radius 1 is 1.03 bits per heavy atom. The monoisotopic (exact) mass is 433 g/mol. The minimum absolute atomic E-state index is 0.161. The van der Waals surface area contributed by atoms with E-state index in [0.29, 0.717) is 12.8 Å². The molecule has 0 radical (unpaired) electrons. The summed E-state index contributed by atoms with van der Waals surface area (Å²) < 4.78 is 0. The van der Waals surface area contributed by atoms with Crippen LogP contribution in [0.5, 0.6) is 0 Å². The number of hydrogen-bond donors (Lipinski definition) is 3. The number of nitrogens with two attached hydrogens (primary N) is 1. The molecular formula is C24H39N3O2S. The molecule has 30 heavy (non-hydrogen) atoms. The maximum atomic E-state index is 12.4. The Morgan fingerprint density at radius 2 is 1.63 bits per heavy atom. The van der Waals surface area contributed by atoms with Crippen molar-refractivity contribution in [2.24, 2.45) is 11.3 Å². The van der Waals surface area contributed by atoms with Crippen LogP contribution in [-0.4, -0.2) is 29.4 Å². The van der Waals surface area contributed by atoms with Crippen LogP contribution in [0.4, 0.5) is 0 Å². The highest BCUT2D eigenvalue weighted by atomic mass is 32.2. The highest BCUT2D eigenvalue weighted by Gasteiger charge is 2.56. The van der Waals surface area contributed by atoms with Crippen LogP contribution in [0.1, 0.15) is 66.2 Å². The van der Waals surface area contributed by atoms with E-state index in [1.807, 2.05) is 0 Å². The Morgan fingerprint density at radius 3 is 2.17 bits per heavy atom. The van der Waals surface area contributed by atoms with Gasteiger partial charge in [0.15, 0.2) is 0 Å². The van der Waals surface area contributed by atoms with Gasteiger partial charge in [-0.05, 0) is 66.2 Å². The summed E-state index contributed by atoms with van der Waals surface area (Å²) in [6.45, 7) is 12.5. The number of carbonyl (C=O) groups excluding carboxylic acids is 2. The molecule has 6 heteroatoms. The molecule has 0 spiro atoms. The summed E-state index contributed by atoms with van der Waals surface area (Å²) in [5.41, 5.74) is 5.34. The number of allylic oxidation sites excluding steroid dienone is 5. The van der Waals surface area contributed by atoms with Crippen LogP contribution < -0.4 is 16.6 Å². The summed E-state index contributed by atoms with van der Waals surface area (Å²) in [5.74, 6) is 6.15. The lowest BCUT2D eigenvalue weighted by Gasteiger charge is -2.18. The van der Waals surface area contributed by atoms with E-state index in [1.165, 1.54) is 16.7 Å². The Hall–Kier alpha value is -1.79. The summed E-state index contributed by atoms with van der Waals surface area (Å²) in [6, 6.07) is -0.161. The minimum atomic E-state index is -0.978. The van der Waals surface area contributed by atoms with Gasteiger partial charge in [0.1, 0.15) is 5.41 Å². The van der Waals surface area contributed by atoms with Gasteiger partial charge in [0.2, 0.25) is 11.8 Å². The topological polar surface area (TPSA) is 84.2 Å². The van der Waals surface area contributed by atoms with E-state index in [2.05, 4.69) is 63.2 Å². The number of rotatable bonds is 14. The third-order valence-electron chi connectivity index (χ3n) is 5.32. The van der Waals surface area contributed by atoms with Crippen LogP contribution in [0, 0.1) is 5.41 Å². The molecule has 0 aromatic rings. The lowest BCUT2D eigenvalue weighted by molar-refractivity contribution is -0.137. The molecule has 1 aliphatic carbocycles. The first kappa shape index (κ1) is 26.2. The van der Waals surface area contributed by atoms with Crippen molar-refractivity contribution in [1.29, 1.82) is 0 Å². The van der Waals surface area contributed by atoms with E-state index < -0.39 is 11.3 Å². The van der Waals surface area contributed by atoms with Crippen molar-refractivity contribution in [1.82, 2.24) is 10.7 Å². The third-order valence-corrected chi connectivity index (χ3v) is 6.32. The molecule has 0 bridgehead atoms. The van der Waals surface area contributed by atoms with Crippen LogP contribution in [0.15, 0.2) is 47.6 Å². The molecule has 1 aliphatic rings. The molecule has 1 saturated carbocycles. The number of hydrogen-bond acceptors (Lipinski definition) is 4. The number of thioether (sulfide) groups is 1. The molecule has 1 rings (SSSR count). The third kappa shape index (κ3) is 9.35. The van der Waals surface area contributed by atoms with Crippen LogP contribution in [0.3, 0.4) is 0 Å². The molecule has 0 aromatic heterocycles. The number of hydrazine groups is 1. The quantitative estimate of drug-likeness (QED) is 0.0935. The fraction of sp³-hybridized carbons (Fsp3) is 0.583. The van der Waals surface area contributed by atoms with E-state index in [1.54, 1.807) is 17.8 Å². The van der Waals surface area contributed by atoms with Gasteiger partial charge < -0.3 is 5.32 Å². The first-order chi connectivity index (χ1) is 14.2. The van der Waals surface area contributed by atoms with Crippen LogP contribution >= 0.6 is 11.8 Å². The molecule has 1 unspecified atom stereocenters. The second kappa shape index (κ2) is 13.5. The highest BCUT2D eigenvalue weighted by molar-refractivity contribution is 7.99. The summed E-state index contributed by atoms with van der Waals surface area (Å²) in [4.78, 5) is 24.2. The van der Waals surface area contributed by atoms with Crippen molar-refractivity contribution in [3.05, 3.63) is 47.6 Å². The fourth-order valence-electron chi connectivity index (χ4n) is 3.03. The molecule has 1 atom stereocenters. The molecule has 0 heterocycles. The average Bonchev–Trinajstić information content (AvgIpc) is 3.51. The summed E-state index contributed by atoms with van der Waals surface area (Å²) >= 11 is 1.75. The molecule has 5 nitrogen and oxygen atoms in total. The van der Waals surface area contributed by atoms with Crippen molar-refractivity contribution in [2.75, 3.05) is 11.5 Å². The zero-order chi connectivity index (χ0) is 22.6. The van der Waals surface area contributed by atoms with Gasteiger partial charge in [-0.25, -0.2) is 5.84 Å². The number of nitrogens with one attached hydrogen (secondary N) is 2. The molecule has 0 aromatic carbocycles. The summed E-state index contributed by atoms with van der Waals surface area (Å²) in [7, 11) is 0. The van der Waals surface area contributed by atoms with E-state index in [4.69, 9.17) is 5.84 Å². The van der Waals surface area contributed by atoms with Crippen LogP contribution in [-0.2, 0) is 9.59 Å². The molecule has 168 valence electrons. The summed E-state index contributed by atoms with van der Waals surface area (Å²) in [5, 5.41) is 2.92. The first-order valence-corrected chi connectivity index (χ1v) is 11.9. The first-order valence-electron chi connectivity index (χ1n) is 10.7. The van der Waals surface area contributed by atoms with Crippen molar-refractivity contribution in [3.8, 4) is 0 Å². The predicted molar refractivity (Wildman–Crippen MR) is 129 cm³/mol. The number of amides is 2. The van der Waals surface area contributed by atoms with Gasteiger partial charge in [0.25, 0.3) is 0 Å². The minimum Gasteiger partial charge on any atom is -0.348 e. The normalized spacial score (nSPS) is 16.4. The van der Waals surface area contributed by atoms with E-state index in [9.17, 15) is 9.59 Å². The molecule has 4 N–H and O–H groups in total. The van der Waals surface area contributed by atoms with Gasteiger partial charge in [-0.15, -0.1) is 6.58 Å². The second-order valence-corrected chi connectivity index (χ2v) is 9.44. The maximum Gasteiger partial charge on any atom is 0.249 e. The van der Waals surface area contributed by atoms with Gasteiger partial charge in [0, 0.05) is 11.5 Å². The van der Waals surface area contributed by atoms with Crippen molar-refractivity contribution in [3.63, 3.8) is 0 Å². The van der Waals surface area contributed by atoms with E-state index in [-0.39, 0.29) is 11.9 Å². The second-order valence-electron chi connectivity index (χ2n) is 8.37. The standard InChI is InChI=1S/C24H39N3O2S/c1-6-21(26-22(28)24(14-15-24)23(29)27-25)17-30-16-13-20(5)12-8-11-19(4)10-7-9-18(2)3/h6,9,11,13,21H,1,7-8,10,12,14-17,25H2,2-5H3,(H,26,28)(H,27,29)/b19-11+,20-13+. The highest BCUT2D eigenvalue weighted by Crippen LogP contribution is 2.46. The SMILES string of the molecule is C=CC(CSC/C=C(\C)CC/C=C(\C)CCC=C(C)C)NC(=O)C1(C(=O)NN)CC1. The number of carbonyl (C=O) groups is 2. The Labute approximate surface area is 186 Å². The zero-order valence-corrected chi connectivity index (χ0v) is 19.9. The van der Waals surface area contributed by atoms with Gasteiger partial charge in [-0.1, -0.05) is 41.0 Å². The fourth-order valence-corrected chi connectivity index (χ4v) is 4.04. The average molecular weight is 434 g/mol. The van der Waals surface area contributed by atoms with Gasteiger partial charge in [-0.3, -0.25) is 15.0 Å². The summed E-state index contributed by atoms with van der Waals surface area (Å²) in [6.07, 6.45) is 14.1. The van der Waals surface area contributed by atoms with Crippen molar-refractivity contribution in [2.45, 2.75) is 72.3 Å². The lowest BCUT2D eigenvalue weighted by Crippen LogP contribution is -2.48. The van der Waals surface area contributed by atoms with Crippen LogP contribution in [0.2, 0.25) is 0 Å². The Balaban J connectivity index is 2.30. The van der Waals surface area contributed by atoms with E-state index >= 15 is 0 Å². The Bertz CT molecular complexity index is 687. The zero-order valence-electron chi connectivity index (χ0n) is 19.1. The van der Waals surface area contributed by atoms with Crippen molar-refractivity contribution < 1.29 is 9.59 Å². The molecule has 0 saturated heterocycles. The van der Waals surface area contributed by atoms with Crippen LogP contribution in [0.25, 0.3) is 0 Å². The predicted octanol–water partition coefficient (Wildman–Crippen LogP) is 4.58. The van der Waals surface area contributed by atoms with Gasteiger partial charge >= 0.3 is 0 Å². The van der Waals surface area contributed by atoms with Gasteiger partial charge in [0.05, 0.1) is 6.04 Å². The molecule has 1 fully saturated rings. The smallest absolute Gasteiger partial charge is 0.249 e. The molecule has 0 aliphatic heterocycles. The van der Waals surface area contributed by atoms with Gasteiger partial charge in [-0.2, -0.15) is 11.8 Å². The van der Waals surface area contributed by atoms with Crippen molar-refractivity contribution >= 4 is 23.6 Å². The van der Waals surface area contributed by atoms with E-state index in [0.717, 1.165) is 37.2 Å².